The third-order valence-electron chi connectivity index (χ3n) is 2.34. The first-order valence-electron chi connectivity index (χ1n) is 5.21. The number of pyridine rings is 1. The van der Waals surface area contributed by atoms with E-state index in [0.717, 1.165) is 16.6 Å². The van der Waals surface area contributed by atoms with Gasteiger partial charge < -0.3 is 10.5 Å². The molecule has 0 aliphatic rings. The molecule has 2 rings (SSSR count). The van der Waals surface area contributed by atoms with Gasteiger partial charge in [0.1, 0.15) is 11.4 Å². The van der Waals surface area contributed by atoms with Gasteiger partial charge in [0.25, 0.3) is 0 Å². The molecule has 0 saturated carbocycles. The van der Waals surface area contributed by atoms with Gasteiger partial charge in [-0.1, -0.05) is 6.92 Å². The van der Waals surface area contributed by atoms with Crippen molar-refractivity contribution in [3.63, 3.8) is 0 Å². The molecule has 0 spiro atoms. The molecule has 2 heterocycles. The Morgan fingerprint density at radius 1 is 1.47 bits per heavy atom. The molecule has 0 fully saturated rings. The van der Waals surface area contributed by atoms with Crippen LogP contribution in [0, 0.1) is 0 Å². The van der Waals surface area contributed by atoms with Gasteiger partial charge >= 0.3 is 0 Å². The minimum Gasteiger partial charge on any atom is -0.436 e. The molecule has 0 aromatic carbocycles. The lowest BCUT2D eigenvalue weighted by atomic mass is 10.3. The molecule has 90 valence electrons. The molecule has 2 N–H and O–H groups in total. The fourth-order valence-corrected chi connectivity index (χ4v) is 1.86. The Morgan fingerprint density at radius 3 is 2.82 bits per heavy atom. The van der Waals surface area contributed by atoms with Crippen LogP contribution in [0.1, 0.15) is 12.6 Å². The Balaban J connectivity index is 2.33. The van der Waals surface area contributed by atoms with Crippen LogP contribution in [0.4, 0.5) is 5.69 Å². The molecule has 0 unspecified atom stereocenters. The Hall–Kier alpha value is -1.56. The highest BCUT2D eigenvalue weighted by atomic mass is 79.9. The summed E-state index contributed by atoms with van der Waals surface area (Å²) in [5, 5.41) is 4.28. The average molecular weight is 297 g/mol. The zero-order valence-corrected chi connectivity index (χ0v) is 11.2. The van der Waals surface area contributed by atoms with Gasteiger partial charge in [-0.3, -0.25) is 4.98 Å². The van der Waals surface area contributed by atoms with E-state index in [1.165, 1.54) is 0 Å². The number of halogens is 1. The highest BCUT2D eigenvalue weighted by Crippen LogP contribution is 2.30. The molecular formula is C11H13BrN4O. The number of hydrogen-bond donors (Lipinski definition) is 1. The van der Waals surface area contributed by atoms with Crippen molar-refractivity contribution in [2.24, 2.45) is 7.05 Å². The Kier molecular flexibility index (Phi) is 3.33. The summed E-state index contributed by atoms with van der Waals surface area (Å²) in [5.41, 5.74) is 7.38. The predicted octanol–water partition coefficient (Wildman–Crippen LogP) is 2.51. The van der Waals surface area contributed by atoms with Crippen LogP contribution in [-0.2, 0) is 13.5 Å². The number of aryl methyl sites for hydroxylation is 2. The average Bonchev–Trinajstić information content (AvgIpc) is 2.56. The number of nitrogen functional groups attached to an aromatic ring is 1. The summed E-state index contributed by atoms with van der Waals surface area (Å²) in [5.74, 6) is 1.17. The predicted molar refractivity (Wildman–Crippen MR) is 69.0 cm³/mol. The van der Waals surface area contributed by atoms with E-state index in [-0.39, 0.29) is 0 Å². The zero-order valence-electron chi connectivity index (χ0n) is 9.64. The maximum absolute atomic E-state index is 5.96. The minimum absolute atomic E-state index is 0.543. The number of ether oxygens (including phenoxy) is 1. The van der Waals surface area contributed by atoms with E-state index < -0.39 is 0 Å². The number of aromatic nitrogens is 3. The summed E-state index contributed by atoms with van der Waals surface area (Å²) < 4.78 is 8.17. The lowest BCUT2D eigenvalue weighted by Crippen LogP contribution is -1.97. The van der Waals surface area contributed by atoms with Crippen molar-refractivity contribution in [2.45, 2.75) is 13.3 Å². The minimum atomic E-state index is 0.543. The molecule has 0 amide bonds. The first-order chi connectivity index (χ1) is 8.11. The molecular weight excluding hydrogens is 284 g/mol. The topological polar surface area (TPSA) is 66.0 Å². The van der Waals surface area contributed by atoms with Crippen molar-refractivity contribution >= 4 is 21.6 Å². The third-order valence-corrected chi connectivity index (χ3v) is 2.77. The van der Waals surface area contributed by atoms with Gasteiger partial charge in [0, 0.05) is 17.7 Å². The standard InChI is InChI=1S/C11H13BrN4O/c1-3-9-10(13)11(16(2)15-9)17-8-4-7(12)5-14-6-8/h4-6H,3,13H2,1-2H3. The summed E-state index contributed by atoms with van der Waals surface area (Å²) >= 11 is 3.34. The van der Waals surface area contributed by atoms with Gasteiger partial charge in [0.05, 0.1) is 11.9 Å². The van der Waals surface area contributed by atoms with Crippen molar-refractivity contribution in [2.75, 3.05) is 5.73 Å². The van der Waals surface area contributed by atoms with Gasteiger partial charge in [0.2, 0.25) is 5.88 Å². The third kappa shape index (κ3) is 2.41. The molecule has 0 aliphatic carbocycles. The summed E-state index contributed by atoms with van der Waals surface area (Å²) in [7, 11) is 1.80. The van der Waals surface area contributed by atoms with Crippen LogP contribution in [0.15, 0.2) is 22.9 Å². The number of nitrogens with two attached hydrogens (primary N) is 1. The van der Waals surface area contributed by atoms with Crippen LogP contribution in [0.25, 0.3) is 0 Å². The van der Waals surface area contributed by atoms with E-state index in [2.05, 4.69) is 26.0 Å². The van der Waals surface area contributed by atoms with E-state index in [1.807, 2.05) is 13.0 Å². The highest BCUT2D eigenvalue weighted by molar-refractivity contribution is 9.10. The molecule has 17 heavy (non-hydrogen) atoms. The second kappa shape index (κ2) is 4.75. The molecule has 2 aromatic heterocycles. The normalized spacial score (nSPS) is 10.5. The number of hydrogen-bond acceptors (Lipinski definition) is 4. The lowest BCUT2D eigenvalue weighted by molar-refractivity contribution is 0.430. The van der Waals surface area contributed by atoms with Crippen LogP contribution in [-0.4, -0.2) is 14.8 Å². The molecule has 6 heteroatoms. The maximum Gasteiger partial charge on any atom is 0.241 e. The number of anilines is 1. The van der Waals surface area contributed by atoms with Crippen LogP contribution < -0.4 is 10.5 Å². The Morgan fingerprint density at radius 2 is 2.24 bits per heavy atom. The van der Waals surface area contributed by atoms with Crippen molar-refractivity contribution in [1.29, 1.82) is 0 Å². The van der Waals surface area contributed by atoms with E-state index in [4.69, 9.17) is 10.5 Å². The zero-order chi connectivity index (χ0) is 12.4. The van der Waals surface area contributed by atoms with Crippen molar-refractivity contribution in [1.82, 2.24) is 14.8 Å². The van der Waals surface area contributed by atoms with Crippen molar-refractivity contribution in [3.05, 3.63) is 28.6 Å². The fourth-order valence-electron chi connectivity index (χ4n) is 1.52. The smallest absolute Gasteiger partial charge is 0.241 e. The second-order valence-corrected chi connectivity index (χ2v) is 4.50. The quantitative estimate of drug-likeness (QED) is 0.945. The maximum atomic E-state index is 5.96. The molecule has 5 nitrogen and oxygen atoms in total. The van der Waals surface area contributed by atoms with Gasteiger partial charge in [0.15, 0.2) is 0 Å². The lowest BCUT2D eigenvalue weighted by Gasteiger charge is -2.06. The summed E-state index contributed by atoms with van der Waals surface area (Å²) in [4.78, 5) is 4.02. The van der Waals surface area contributed by atoms with Crippen molar-refractivity contribution in [3.8, 4) is 11.6 Å². The summed E-state index contributed by atoms with van der Waals surface area (Å²) in [6, 6.07) is 1.82. The molecule has 0 radical (unpaired) electrons. The van der Waals surface area contributed by atoms with Crippen LogP contribution in [0.2, 0.25) is 0 Å². The highest BCUT2D eigenvalue weighted by Gasteiger charge is 2.14. The van der Waals surface area contributed by atoms with Gasteiger partial charge in [-0.25, -0.2) is 4.68 Å². The second-order valence-electron chi connectivity index (χ2n) is 3.58. The van der Waals surface area contributed by atoms with E-state index in [1.54, 1.807) is 24.1 Å². The van der Waals surface area contributed by atoms with Crippen LogP contribution >= 0.6 is 15.9 Å². The van der Waals surface area contributed by atoms with Crippen LogP contribution in [0.3, 0.4) is 0 Å². The van der Waals surface area contributed by atoms with E-state index in [0.29, 0.717) is 17.3 Å². The van der Waals surface area contributed by atoms with E-state index in [9.17, 15) is 0 Å². The number of rotatable bonds is 3. The Labute approximate surface area is 108 Å². The SMILES string of the molecule is CCc1nn(C)c(Oc2cncc(Br)c2)c1N. The molecule has 0 saturated heterocycles. The summed E-state index contributed by atoms with van der Waals surface area (Å²) in [6.07, 6.45) is 4.10. The Bertz CT molecular complexity index is 538. The molecule has 0 aliphatic heterocycles. The first kappa shape index (κ1) is 11.9. The first-order valence-corrected chi connectivity index (χ1v) is 6.01. The molecule has 2 aromatic rings. The molecule has 0 atom stereocenters. The molecule has 0 bridgehead atoms. The van der Waals surface area contributed by atoms with Gasteiger partial charge in [-0.05, 0) is 28.4 Å². The fraction of sp³-hybridized carbons (Fsp3) is 0.273. The van der Waals surface area contributed by atoms with Crippen molar-refractivity contribution < 1.29 is 4.74 Å². The largest absolute Gasteiger partial charge is 0.436 e. The van der Waals surface area contributed by atoms with Gasteiger partial charge in [-0.15, -0.1) is 0 Å². The van der Waals surface area contributed by atoms with E-state index >= 15 is 0 Å². The number of nitrogens with zero attached hydrogens (tertiary/aromatic N) is 3. The monoisotopic (exact) mass is 296 g/mol. The van der Waals surface area contributed by atoms with Crippen LogP contribution in [0.5, 0.6) is 11.6 Å². The van der Waals surface area contributed by atoms with Gasteiger partial charge in [-0.2, -0.15) is 5.10 Å². The summed E-state index contributed by atoms with van der Waals surface area (Å²) in [6.45, 7) is 2.00.